The normalized spacial score (nSPS) is 20.6. The quantitative estimate of drug-likeness (QED) is 0.245. The second-order valence-electron chi connectivity index (χ2n) is 9.70. The van der Waals surface area contributed by atoms with Crippen molar-refractivity contribution in [1.29, 1.82) is 0 Å². The number of nitrogens with one attached hydrogen (secondary N) is 1. The van der Waals surface area contributed by atoms with Crippen LogP contribution in [0.1, 0.15) is 60.0 Å². The minimum atomic E-state index is -1.34. The highest BCUT2D eigenvalue weighted by molar-refractivity contribution is 8.00. The summed E-state index contributed by atoms with van der Waals surface area (Å²) >= 11 is 7.36. The number of nitrogens with zero attached hydrogens (tertiary/aromatic N) is 2. The van der Waals surface area contributed by atoms with E-state index >= 15 is 8.78 Å². The van der Waals surface area contributed by atoms with Crippen LogP contribution in [-0.4, -0.2) is 33.4 Å². The number of carbonyl (C=O) groups is 1. The molecule has 2 aliphatic rings. The fourth-order valence-electron chi connectivity index (χ4n) is 5.20. The Kier molecular flexibility index (Phi) is 7.47. The number of rotatable bonds is 11. The van der Waals surface area contributed by atoms with Crippen molar-refractivity contribution in [2.45, 2.75) is 60.8 Å². The molecule has 196 valence electrons. The van der Waals surface area contributed by atoms with Gasteiger partial charge in [-0.15, -0.1) is 11.8 Å². The monoisotopic (exact) mass is 546 g/mol. The van der Waals surface area contributed by atoms with Crippen LogP contribution in [0.3, 0.4) is 0 Å². The third-order valence-electron chi connectivity index (χ3n) is 7.19. The van der Waals surface area contributed by atoms with Crippen LogP contribution in [0.2, 0.25) is 5.02 Å². The summed E-state index contributed by atoms with van der Waals surface area (Å²) in [6.07, 6.45) is 9.67. The highest BCUT2D eigenvalue weighted by atomic mass is 35.5. The molecule has 4 N–H and O–H groups in total. The number of fused-ring (bicyclic) bond motifs is 1. The molecular formula is C27H29ClF2N4O2S. The Morgan fingerprint density at radius 1 is 1.19 bits per heavy atom. The number of anilines is 1. The first-order valence-corrected chi connectivity index (χ1v) is 13.7. The first kappa shape index (κ1) is 26.0. The standard InChI is InChI=1S/C27H29ClF2N4O2S/c28-20-11-10-19-24(23(20)30)33-25(16-8-9-16)27(19,37-21-7-5-6-18(22(21)29)26(35)36)17-14-32-34(15-17)13-4-2-1-3-12-31/h5-7,10-11,14-16,25,33H,1-4,8-9,12-13,31H2,(H,35,36). The fourth-order valence-corrected chi connectivity index (χ4v) is 6.93. The lowest BCUT2D eigenvalue weighted by Crippen LogP contribution is -2.38. The summed E-state index contributed by atoms with van der Waals surface area (Å²) in [6, 6.07) is 7.40. The molecule has 2 unspecified atom stereocenters. The Balaban J connectivity index is 1.60. The van der Waals surface area contributed by atoms with Crippen molar-refractivity contribution in [2.24, 2.45) is 11.7 Å². The molecule has 1 aliphatic heterocycles. The van der Waals surface area contributed by atoms with Crippen LogP contribution < -0.4 is 11.1 Å². The number of benzene rings is 2. The van der Waals surface area contributed by atoms with E-state index in [-0.39, 0.29) is 21.9 Å². The van der Waals surface area contributed by atoms with E-state index in [4.69, 9.17) is 17.3 Å². The molecule has 2 atom stereocenters. The van der Waals surface area contributed by atoms with Gasteiger partial charge in [0.15, 0.2) is 11.6 Å². The molecular weight excluding hydrogens is 518 g/mol. The van der Waals surface area contributed by atoms with E-state index in [1.165, 1.54) is 30.0 Å². The maximum atomic E-state index is 15.5. The molecule has 0 bridgehead atoms. The van der Waals surface area contributed by atoms with Gasteiger partial charge in [-0.3, -0.25) is 4.68 Å². The number of aromatic carboxylic acids is 1. The van der Waals surface area contributed by atoms with Gasteiger partial charge in [0.25, 0.3) is 0 Å². The third-order valence-corrected chi connectivity index (χ3v) is 9.05. The highest BCUT2D eigenvalue weighted by Gasteiger charge is 2.56. The van der Waals surface area contributed by atoms with Gasteiger partial charge in [-0.2, -0.15) is 5.10 Å². The number of thioether (sulfide) groups is 1. The molecule has 2 aromatic carbocycles. The van der Waals surface area contributed by atoms with Crippen molar-refractivity contribution in [3.8, 4) is 0 Å². The van der Waals surface area contributed by atoms with E-state index in [2.05, 4.69) is 10.4 Å². The Morgan fingerprint density at radius 3 is 2.70 bits per heavy atom. The van der Waals surface area contributed by atoms with Crippen LogP contribution in [0.25, 0.3) is 0 Å². The van der Waals surface area contributed by atoms with Crippen LogP contribution in [0.15, 0.2) is 47.6 Å². The average molecular weight is 547 g/mol. The molecule has 0 spiro atoms. The van der Waals surface area contributed by atoms with Gasteiger partial charge >= 0.3 is 5.97 Å². The van der Waals surface area contributed by atoms with Gasteiger partial charge in [0.2, 0.25) is 0 Å². The number of carboxylic acids is 1. The molecule has 0 radical (unpaired) electrons. The minimum Gasteiger partial charge on any atom is -0.478 e. The van der Waals surface area contributed by atoms with E-state index in [1.807, 2.05) is 10.9 Å². The summed E-state index contributed by atoms with van der Waals surface area (Å²) in [6.45, 7) is 1.40. The van der Waals surface area contributed by atoms with Gasteiger partial charge in [0, 0.05) is 28.8 Å². The van der Waals surface area contributed by atoms with Crippen molar-refractivity contribution in [3.05, 3.63) is 76.1 Å². The zero-order valence-corrected chi connectivity index (χ0v) is 21.8. The fraction of sp³-hybridized carbons (Fsp3) is 0.407. The zero-order valence-electron chi connectivity index (χ0n) is 20.2. The van der Waals surface area contributed by atoms with Crippen molar-refractivity contribution < 1.29 is 18.7 Å². The van der Waals surface area contributed by atoms with Gasteiger partial charge in [-0.05, 0) is 56.3 Å². The summed E-state index contributed by atoms with van der Waals surface area (Å²) in [4.78, 5) is 11.8. The van der Waals surface area contributed by atoms with E-state index in [9.17, 15) is 9.90 Å². The maximum absolute atomic E-state index is 15.5. The summed E-state index contributed by atoms with van der Waals surface area (Å²) in [5.74, 6) is -2.44. The number of unbranched alkanes of at least 4 members (excludes halogenated alkanes) is 3. The molecule has 1 aromatic heterocycles. The smallest absolute Gasteiger partial charge is 0.338 e. The van der Waals surface area contributed by atoms with Crippen molar-refractivity contribution in [2.75, 3.05) is 11.9 Å². The summed E-state index contributed by atoms with van der Waals surface area (Å²) in [5, 5.41) is 17.5. The van der Waals surface area contributed by atoms with Crippen LogP contribution in [0.4, 0.5) is 14.5 Å². The lowest BCUT2D eigenvalue weighted by atomic mass is 9.86. The Labute approximate surface area is 223 Å². The van der Waals surface area contributed by atoms with Crippen molar-refractivity contribution in [1.82, 2.24) is 9.78 Å². The van der Waals surface area contributed by atoms with E-state index < -0.39 is 27.9 Å². The molecule has 5 rings (SSSR count). The topological polar surface area (TPSA) is 93.2 Å². The van der Waals surface area contributed by atoms with Gasteiger partial charge in [-0.25, -0.2) is 13.6 Å². The van der Waals surface area contributed by atoms with Crippen LogP contribution in [0, 0.1) is 17.6 Å². The van der Waals surface area contributed by atoms with Gasteiger partial charge in [-0.1, -0.05) is 36.6 Å². The number of aryl methyl sites for hydroxylation is 1. The van der Waals surface area contributed by atoms with Gasteiger partial charge < -0.3 is 16.2 Å². The van der Waals surface area contributed by atoms with E-state index in [1.54, 1.807) is 18.3 Å². The molecule has 1 saturated carbocycles. The maximum Gasteiger partial charge on any atom is 0.338 e. The molecule has 1 fully saturated rings. The second-order valence-corrected chi connectivity index (χ2v) is 11.4. The highest BCUT2D eigenvalue weighted by Crippen LogP contribution is 2.61. The van der Waals surface area contributed by atoms with Crippen LogP contribution >= 0.6 is 23.4 Å². The lowest BCUT2D eigenvalue weighted by molar-refractivity contribution is 0.0691. The van der Waals surface area contributed by atoms with Crippen molar-refractivity contribution in [3.63, 3.8) is 0 Å². The first-order chi connectivity index (χ1) is 17.9. The van der Waals surface area contributed by atoms with Gasteiger partial charge in [0.05, 0.1) is 33.3 Å². The molecule has 10 heteroatoms. The van der Waals surface area contributed by atoms with Crippen molar-refractivity contribution >= 4 is 35.0 Å². The Bertz CT molecular complexity index is 1320. The molecule has 0 amide bonds. The average Bonchev–Trinajstić information content (AvgIpc) is 3.51. The number of halogens is 3. The van der Waals surface area contributed by atoms with Crippen LogP contribution in [0.5, 0.6) is 0 Å². The summed E-state index contributed by atoms with van der Waals surface area (Å²) in [5.41, 5.74) is 6.96. The van der Waals surface area contributed by atoms with Crippen LogP contribution in [-0.2, 0) is 11.3 Å². The SMILES string of the molecule is NCCCCCCn1cc(C2(Sc3cccc(C(=O)O)c3F)c3ccc(Cl)c(F)c3NC2C2CC2)cn1. The summed E-state index contributed by atoms with van der Waals surface area (Å²) < 4.78 is 31.7. The predicted molar refractivity (Wildman–Crippen MR) is 141 cm³/mol. The number of aromatic nitrogens is 2. The largest absolute Gasteiger partial charge is 0.478 e. The zero-order chi connectivity index (χ0) is 26.2. The Hall–Kier alpha value is -2.62. The molecule has 37 heavy (non-hydrogen) atoms. The lowest BCUT2D eigenvalue weighted by Gasteiger charge is -2.35. The van der Waals surface area contributed by atoms with E-state index in [0.29, 0.717) is 17.8 Å². The number of carboxylic acid groups (broad SMARTS) is 1. The molecule has 1 aliphatic carbocycles. The first-order valence-electron chi connectivity index (χ1n) is 12.6. The van der Waals surface area contributed by atoms with E-state index in [0.717, 1.165) is 50.6 Å². The molecule has 6 nitrogen and oxygen atoms in total. The predicted octanol–water partition coefficient (Wildman–Crippen LogP) is 6.27. The molecule has 3 aromatic rings. The molecule has 2 heterocycles. The third kappa shape index (κ3) is 4.84. The second kappa shape index (κ2) is 10.6. The summed E-state index contributed by atoms with van der Waals surface area (Å²) in [7, 11) is 0. The van der Waals surface area contributed by atoms with Gasteiger partial charge in [0.1, 0.15) is 0 Å². The number of nitrogens with two attached hydrogens (primary N) is 1. The number of hydrogen-bond donors (Lipinski definition) is 3. The molecule has 0 saturated heterocycles. The Morgan fingerprint density at radius 2 is 1.97 bits per heavy atom. The number of hydrogen-bond acceptors (Lipinski definition) is 5. The minimum absolute atomic E-state index is 0.00817.